The highest BCUT2D eigenvalue weighted by molar-refractivity contribution is 7.18. The molecule has 0 spiro atoms. The zero-order chi connectivity index (χ0) is 14.1. The maximum atomic E-state index is 11.8. The zero-order valence-corrected chi connectivity index (χ0v) is 11.8. The van der Waals surface area contributed by atoms with Crippen molar-refractivity contribution in [2.75, 3.05) is 0 Å². The number of aryl methyl sites for hydroxylation is 2. The number of fused-ring (bicyclic) bond motifs is 1. The molecular formula is C13H12N4O2S. The molecule has 0 radical (unpaired) electrons. The molecule has 0 unspecified atom stereocenters. The van der Waals surface area contributed by atoms with Gasteiger partial charge in [-0.25, -0.2) is 0 Å². The lowest BCUT2D eigenvalue weighted by atomic mass is 10.1. The van der Waals surface area contributed by atoms with Gasteiger partial charge in [0.2, 0.25) is 4.96 Å². The van der Waals surface area contributed by atoms with E-state index in [0.29, 0.717) is 22.5 Å². The van der Waals surface area contributed by atoms with Gasteiger partial charge in [-0.1, -0.05) is 24.3 Å². The molecule has 2 aromatic heterocycles. The Morgan fingerprint density at radius 1 is 1.25 bits per heavy atom. The fourth-order valence-corrected chi connectivity index (χ4v) is 2.43. The Morgan fingerprint density at radius 2 is 2.05 bits per heavy atom. The third-order valence-electron chi connectivity index (χ3n) is 2.94. The maximum Gasteiger partial charge on any atom is 0.296 e. The highest BCUT2D eigenvalue weighted by atomic mass is 32.1. The first-order valence-electron chi connectivity index (χ1n) is 6.05. The Morgan fingerprint density at radius 3 is 2.85 bits per heavy atom. The van der Waals surface area contributed by atoms with Crippen molar-refractivity contribution in [2.24, 2.45) is 0 Å². The van der Waals surface area contributed by atoms with Gasteiger partial charge in [-0.2, -0.15) is 4.52 Å². The minimum absolute atomic E-state index is 0.267. The Labute approximate surface area is 118 Å². The predicted octanol–water partition coefficient (Wildman–Crippen LogP) is 1.74. The third kappa shape index (κ3) is 2.27. The van der Waals surface area contributed by atoms with Gasteiger partial charge < -0.3 is 4.74 Å². The van der Waals surface area contributed by atoms with Crippen LogP contribution in [0.5, 0.6) is 5.19 Å². The van der Waals surface area contributed by atoms with Crippen molar-refractivity contribution in [3.8, 4) is 5.19 Å². The van der Waals surface area contributed by atoms with Crippen molar-refractivity contribution in [3.05, 3.63) is 51.4 Å². The number of hydrogen-bond donors (Lipinski definition) is 0. The fraction of sp³-hybridized carbons (Fsp3) is 0.231. The van der Waals surface area contributed by atoms with Gasteiger partial charge in [0, 0.05) is 0 Å². The van der Waals surface area contributed by atoms with Crippen molar-refractivity contribution < 1.29 is 4.74 Å². The zero-order valence-electron chi connectivity index (χ0n) is 11.0. The highest BCUT2D eigenvalue weighted by Gasteiger charge is 2.10. The number of rotatable bonds is 3. The third-order valence-corrected chi connectivity index (χ3v) is 3.75. The summed E-state index contributed by atoms with van der Waals surface area (Å²) in [6, 6.07) is 7.97. The summed E-state index contributed by atoms with van der Waals surface area (Å²) >= 11 is 1.20. The van der Waals surface area contributed by atoms with E-state index in [4.69, 9.17) is 4.74 Å². The Kier molecular flexibility index (Phi) is 3.19. The standard InChI is InChI=1S/C13H12N4O2S/c1-8-5-3-4-6-10(8)7-19-13-16-17-11(18)9(2)14-15-12(17)20-13/h3-6H,7H2,1-2H3. The van der Waals surface area contributed by atoms with Crippen LogP contribution < -0.4 is 10.3 Å². The van der Waals surface area contributed by atoms with Gasteiger partial charge in [0.05, 0.1) is 0 Å². The number of benzene rings is 1. The second kappa shape index (κ2) is 5.01. The van der Waals surface area contributed by atoms with Gasteiger partial charge in [-0.3, -0.25) is 4.79 Å². The van der Waals surface area contributed by atoms with Gasteiger partial charge in [0.25, 0.3) is 10.8 Å². The summed E-state index contributed by atoms with van der Waals surface area (Å²) in [5.74, 6) is 0. The van der Waals surface area contributed by atoms with E-state index in [-0.39, 0.29) is 5.56 Å². The molecule has 0 fully saturated rings. The van der Waals surface area contributed by atoms with Crippen LogP contribution in [-0.4, -0.2) is 19.8 Å². The first-order chi connectivity index (χ1) is 9.65. The van der Waals surface area contributed by atoms with Crippen LogP contribution >= 0.6 is 11.3 Å². The fourth-order valence-electron chi connectivity index (χ4n) is 1.74. The first-order valence-corrected chi connectivity index (χ1v) is 6.87. The second-order valence-electron chi connectivity index (χ2n) is 4.37. The van der Waals surface area contributed by atoms with E-state index < -0.39 is 0 Å². The molecule has 0 N–H and O–H groups in total. The van der Waals surface area contributed by atoms with Crippen molar-refractivity contribution in [1.29, 1.82) is 0 Å². The maximum absolute atomic E-state index is 11.8. The molecule has 0 saturated carbocycles. The largest absolute Gasteiger partial charge is 0.464 e. The summed E-state index contributed by atoms with van der Waals surface area (Å²) in [7, 11) is 0. The summed E-state index contributed by atoms with van der Waals surface area (Å²) in [6.07, 6.45) is 0. The molecule has 0 aliphatic heterocycles. The van der Waals surface area contributed by atoms with Gasteiger partial charge in [0.15, 0.2) is 0 Å². The van der Waals surface area contributed by atoms with Crippen LogP contribution in [0.1, 0.15) is 16.8 Å². The van der Waals surface area contributed by atoms with E-state index in [1.165, 1.54) is 15.9 Å². The topological polar surface area (TPSA) is 69.4 Å². The van der Waals surface area contributed by atoms with E-state index in [0.717, 1.165) is 11.1 Å². The Balaban J connectivity index is 1.87. The quantitative estimate of drug-likeness (QED) is 0.734. The average Bonchev–Trinajstić information content (AvgIpc) is 2.86. The summed E-state index contributed by atoms with van der Waals surface area (Å²) < 4.78 is 6.86. The molecule has 0 amide bonds. The first kappa shape index (κ1) is 12.7. The summed E-state index contributed by atoms with van der Waals surface area (Å²) in [5, 5.41) is 12.2. The summed E-state index contributed by atoms with van der Waals surface area (Å²) in [4.78, 5) is 12.2. The van der Waals surface area contributed by atoms with Gasteiger partial charge in [0.1, 0.15) is 12.3 Å². The minimum atomic E-state index is -0.267. The normalized spacial score (nSPS) is 10.9. The molecule has 3 aromatic rings. The summed E-state index contributed by atoms with van der Waals surface area (Å²) in [5.41, 5.74) is 2.29. The molecule has 102 valence electrons. The molecule has 0 atom stereocenters. The van der Waals surface area contributed by atoms with Crippen LogP contribution in [0.3, 0.4) is 0 Å². The molecule has 2 heterocycles. The van der Waals surface area contributed by atoms with Crippen LogP contribution in [0.25, 0.3) is 4.96 Å². The molecule has 0 aliphatic rings. The average molecular weight is 288 g/mol. The minimum Gasteiger partial charge on any atom is -0.464 e. The van der Waals surface area contributed by atoms with E-state index in [1.54, 1.807) is 6.92 Å². The highest BCUT2D eigenvalue weighted by Crippen LogP contribution is 2.20. The molecule has 3 rings (SSSR count). The number of aromatic nitrogens is 4. The smallest absolute Gasteiger partial charge is 0.296 e. The van der Waals surface area contributed by atoms with Crippen molar-refractivity contribution >= 4 is 16.3 Å². The lowest BCUT2D eigenvalue weighted by Crippen LogP contribution is -2.19. The van der Waals surface area contributed by atoms with Gasteiger partial charge in [-0.05, 0) is 36.3 Å². The monoisotopic (exact) mass is 288 g/mol. The van der Waals surface area contributed by atoms with E-state index >= 15 is 0 Å². The van der Waals surface area contributed by atoms with Crippen LogP contribution in [0, 0.1) is 13.8 Å². The molecule has 0 aliphatic carbocycles. The SMILES string of the molecule is Cc1ccccc1COc1nn2c(=O)c(C)nnc2s1. The van der Waals surface area contributed by atoms with Crippen LogP contribution in [0.15, 0.2) is 29.1 Å². The lowest BCUT2D eigenvalue weighted by molar-refractivity contribution is 0.299. The molecular weight excluding hydrogens is 276 g/mol. The van der Waals surface area contributed by atoms with E-state index in [9.17, 15) is 4.79 Å². The Hall–Kier alpha value is -2.28. The molecule has 0 bridgehead atoms. The number of nitrogens with zero attached hydrogens (tertiary/aromatic N) is 4. The summed E-state index contributed by atoms with van der Waals surface area (Å²) in [6.45, 7) is 4.04. The molecule has 1 aromatic carbocycles. The van der Waals surface area contributed by atoms with Crippen LogP contribution in [-0.2, 0) is 6.61 Å². The predicted molar refractivity (Wildman–Crippen MR) is 75.2 cm³/mol. The Bertz CT molecular complexity index is 825. The van der Waals surface area contributed by atoms with Crippen molar-refractivity contribution in [2.45, 2.75) is 20.5 Å². The van der Waals surface area contributed by atoms with E-state index in [2.05, 4.69) is 15.3 Å². The number of hydrogen-bond acceptors (Lipinski definition) is 6. The lowest BCUT2D eigenvalue weighted by Gasteiger charge is -2.04. The van der Waals surface area contributed by atoms with Crippen LogP contribution in [0.4, 0.5) is 0 Å². The van der Waals surface area contributed by atoms with Gasteiger partial charge in [-0.15, -0.1) is 15.3 Å². The molecule has 20 heavy (non-hydrogen) atoms. The van der Waals surface area contributed by atoms with E-state index in [1.807, 2.05) is 31.2 Å². The molecule has 7 heteroatoms. The molecule has 6 nitrogen and oxygen atoms in total. The molecule has 0 saturated heterocycles. The van der Waals surface area contributed by atoms with Crippen molar-refractivity contribution in [1.82, 2.24) is 19.8 Å². The second-order valence-corrected chi connectivity index (χ2v) is 5.29. The van der Waals surface area contributed by atoms with Gasteiger partial charge >= 0.3 is 0 Å². The van der Waals surface area contributed by atoms with Crippen LogP contribution in [0.2, 0.25) is 0 Å². The number of ether oxygens (including phenoxy) is 1. The van der Waals surface area contributed by atoms with Crippen molar-refractivity contribution in [3.63, 3.8) is 0 Å².